The van der Waals surface area contributed by atoms with E-state index < -0.39 is 0 Å². The van der Waals surface area contributed by atoms with Gasteiger partial charge in [0.05, 0.1) is 12.0 Å². The second kappa shape index (κ2) is 5.50. The minimum Gasteiger partial charge on any atom is -0.465 e. The monoisotopic (exact) mass is 213 g/mol. The van der Waals surface area contributed by atoms with Crippen LogP contribution in [0.15, 0.2) is 0 Å². The van der Waals surface area contributed by atoms with E-state index in [-0.39, 0.29) is 11.4 Å². The summed E-state index contributed by atoms with van der Waals surface area (Å²) in [6, 6.07) is 0.548. The van der Waals surface area contributed by atoms with E-state index in [0.717, 1.165) is 13.0 Å². The third kappa shape index (κ3) is 4.65. The minimum atomic E-state index is -0.375. The fourth-order valence-corrected chi connectivity index (χ4v) is 1.68. The lowest BCUT2D eigenvalue weighted by Crippen LogP contribution is -2.35. The Morgan fingerprint density at radius 1 is 1.40 bits per heavy atom. The van der Waals surface area contributed by atoms with Crippen molar-refractivity contribution < 1.29 is 9.53 Å². The third-order valence-corrected chi connectivity index (χ3v) is 2.72. The summed E-state index contributed by atoms with van der Waals surface area (Å²) < 4.78 is 5.23. The van der Waals surface area contributed by atoms with E-state index in [1.165, 1.54) is 19.3 Å². The topological polar surface area (TPSA) is 38.3 Å². The maximum Gasteiger partial charge on any atom is 0.311 e. The predicted octanol–water partition coefficient (Wildman–Crippen LogP) is 2.11. The molecule has 1 fully saturated rings. The standard InChI is InChI=1S/C12H23NO2/c1-12(2,3)11(14)15-9-7-10-6-4-5-8-13-10/h10,13H,4-9H2,1-3H3. The van der Waals surface area contributed by atoms with Crippen LogP contribution in [0.4, 0.5) is 0 Å². The van der Waals surface area contributed by atoms with Crippen molar-refractivity contribution in [3.8, 4) is 0 Å². The molecule has 1 atom stereocenters. The number of hydrogen-bond acceptors (Lipinski definition) is 3. The molecule has 15 heavy (non-hydrogen) atoms. The van der Waals surface area contributed by atoms with Crippen LogP contribution in [0.1, 0.15) is 46.5 Å². The molecule has 0 aliphatic carbocycles. The molecule has 0 aromatic rings. The first kappa shape index (κ1) is 12.5. The largest absolute Gasteiger partial charge is 0.465 e. The summed E-state index contributed by atoms with van der Waals surface area (Å²) in [5.41, 5.74) is -0.375. The van der Waals surface area contributed by atoms with E-state index >= 15 is 0 Å². The summed E-state index contributed by atoms with van der Waals surface area (Å²) in [5.74, 6) is -0.0988. The summed E-state index contributed by atoms with van der Waals surface area (Å²) in [4.78, 5) is 11.5. The van der Waals surface area contributed by atoms with Crippen LogP contribution in [0.25, 0.3) is 0 Å². The molecular weight excluding hydrogens is 190 g/mol. The van der Waals surface area contributed by atoms with Gasteiger partial charge in [-0.3, -0.25) is 4.79 Å². The quantitative estimate of drug-likeness (QED) is 0.730. The number of ether oxygens (including phenoxy) is 1. The highest BCUT2D eigenvalue weighted by molar-refractivity contribution is 5.75. The maximum absolute atomic E-state index is 11.5. The molecule has 1 aliphatic heterocycles. The van der Waals surface area contributed by atoms with Crippen molar-refractivity contribution in [2.24, 2.45) is 5.41 Å². The molecule has 1 aliphatic rings. The van der Waals surface area contributed by atoms with Gasteiger partial charge in [-0.25, -0.2) is 0 Å². The minimum absolute atomic E-state index is 0.0988. The van der Waals surface area contributed by atoms with Gasteiger partial charge < -0.3 is 10.1 Å². The van der Waals surface area contributed by atoms with E-state index in [9.17, 15) is 4.79 Å². The molecule has 1 heterocycles. The Morgan fingerprint density at radius 3 is 2.67 bits per heavy atom. The number of nitrogens with one attached hydrogen (secondary N) is 1. The number of carbonyl (C=O) groups is 1. The molecule has 0 saturated carbocycles. The van der Waals surface area contributed by atoms with Crippen LogP contribution in [-0.4, -0.2) is 25.2 Å². The molecule has 1 N–H and O–H groups in total. The van der Waals surface area contributed by atoms with Gasteiger partial charge >= 0.3 is 5.97 Å². The second-order valence-electron chi connectivity index (χ2n) is 5.32. The van der Waals surface area contributed by atoms with Crippen LogP contribution in [0.2, 0.25) is 0 Å². The van der Waals surface area contributed by atoms with Crippen LogP contribution in [0.3, 0.4) is 0 Å². The lowest BCUT2D eigenvalue weighted by molar-refractivity contribution is -0.153. The summed E-state index contributed by atoms with van der Waals surface area (Å²) in [5, 5.41) is 3.44. The van der Waals surface area contributed by atoms with Crippen molar-refractivity contribution >= 4 is 5.97 Å². The zero-order chi connectivity index (χ0) is 11.3. The molecule has 0 bridgehead atoms. The number of hydrogen-bond donors (Lipinski definition) is 1. The molecule has 1 saturated heterocycles. The molecule has 0 aromatic heterocycles. The SMILES string of the molecule is CC(C)(C)C(=O)OCCC1CCCCN1. The van der Waals surface area contributed by atoms with Crippen LogP contribution in [-0.2, 0) is 9.53 Å². The van der Waals surface area contributed by atoms with Gasteiger partial charge in [-0.1, -0.05) is 6.42 Å². The van der Waals surface area contributed by atoms with Crippen LogP contribution in [0.5, 0.6) is 0 Å². The molecular formula is C12H23NO2. The van der Waals surface area contributed by atoms with E-state index in [2.05, 4.69) is 5.32 Å². The molecule has 1 rings (SSSR count). The van der Waals surface area contributed by atoms with E-state index in [1.807, 2.05) is 20.8 Å². The average molecular weight is 213 g/mol. The summed E-state index contributed by atoms with van der Waals surface area (Å²) in [6.45, 7) is 7.31. The predicted molar refractivity (Wildman–Crippen MR) is 60.7 cm³/mol. The van der Waals surface area contributed by atoms with Crippen molar-refractivity contribution in [3.63, 3.8) is 0 Å². The van der Waals surface area contributed by atoms with E-state index in [1.54, 1.807) is 0 Å². The van der Waals surface area contributed by atoms with Gasteiger partial charge in [-0.15, -0.1) is 0 Å². The number of esters is 1. The number of carbonyl (C=O) groups excluding carboxylic acids is 1. The van der Waals surface area contributed by atoms with Crippen LogP contribution in [0, 0.1) is 5.41 Å². The first-order chi connectivity index (χ1) is 7.00. The lowest BCUT2D eigenvalue weighted by atomic mass is 9.97. The Kier molecular flexibility index (Phi) is 4.58. The molecule has 88 valence electrons. The molecule has 3 nitrogen and oxygen atoms in total. The smallest absolute Gasteiger partial charge is 0.311 e. The first-order valence-electron chi connectivity index (χ1n) is 5.91. The fourth-order valence-electron chi connectivity index (χ4n) is 1.68. The van der Waals surface area contributed by atoms with Crippen molar-refractivity contribution in [3.05, 3.63) is 0 Å². The third-order valence-electron chi connectivity index (χ3n) is 2.72. The number of rotatable bonds is 3. The van der Waals surface area contributed by atoms with Crippen molar-refractivity contribution in [1.82, 2.24) is 5.32 Å². The maximum atomic E-state index is 11.5. The number of piperidine rings is 1. The zero-order valence-electron chi connectivity index (χ0n) is 10.1. The molecule has 0 radical (unpaired) electrons. The normalized spacial score (nSPS) is 22.5. The molecule has 1 unspecified atom stereocenters. The van der Waals surface area contributed by atoms with Crippen molar-refractivity contribution in [2.75, 3.05) is 13.2 Å². The molecule has 0 amide bonds. The summed E-state index contributed by atoms with van der Waals surface area (Å²) in [7, 11) is 0. The summed E-state index contributed by atoms with van der Waals surface area (Å²) >= 11 is 0. The Labute approximate surface area is 92.6 Å². The van der Waals surface area contributed by atoms with Gasteiger partial charge in [0, 0.05) is 6.04 Å². The zero-order valence-corrected chi connectivity index (χ0v) is 10.1. The highest BCUT2D eigenvalue weighted by Crippen LogP contribution is 2.16. The Hall–Kier alpha value is -0.570. The van der Waals surface area contributed by atoms with Gasteiger partial charge in [0.25, 0.3) is 0 Å². The van der Waals surface area contributed by atoms with Gasteiger partial charge in [0.2, 0.25) is 0 Å². The second-order valence-corrected chi connectivity index (χ2v) is 5.32. The van der Waals surface area contributed by atoms with Crippen LogP contribution >= 0.6 is 0 Å². The van der Waals surface area contributed by atoms with Crippen molar-refractivity contribution in [2.45, 2.75) is 52.5 Å². The molecule has 3 heteroatoms. The fraction of sp³-hybridized carbons (Fsp3) is 0.917. The molecule has 0 aromatic carbocycles. The van der Waals surface area contributed by atoms with E-state index in [0.29, 0.717) is 12.6 Å². The Bertz CT molecular complexity index is 202. The lowest BCUT2D eigenvalue weighted by Gasteiger charge is -2.24. The highest BCUT2D eigenvalue weighted by Gasteiger charge is 2.23. The van der Waals surface area contributed by atoms with E-state index in [4.69, 9.17) is 4.74 Å². The van der Waals surface area contributed by atoms with Crippen LogP contribution < -0.4 is 5.32 Å². The Balaban J connectivity index is 2.12. The Morgan fingerprint density at radius 2 is 2.13 bits per heavy atom. The average Bonchev–Trinajstić information content (AvgIpc) is 2.18. The van der Waals surface area contributed by atoms with Crippen molar-refractivity contribution in [1.29, 1.82) is 0 Å². The first-order valence-corrected chi connectivity index (χ1v) is 5.91. The van der Waals surface area contributed by atoms with Gasteiger partial charge in [-0.2, -0.15) is 0 Å². The van der Waals surface area contributed by atoms with Gasteiger partial charge in [-0.05, 0) is 46.6 Å². The van der Waals surface area contributed by atoms with Gasteiger partial charge in [0.1, 0.15) is 0 Å². The van der Waals surface area contributed by atoms with Gasteiger partial charge in [0.15, 0.2) is 0 Å². The molecule has 0 spiro atoms. The highest BCUT2D eigenvalue weighted by atomic mass is 16.5. The summed E-state index contributed by atoms with van der Waals surface area (Å²) in [6.07, 6.45) is 4.73.